The first-order valence-corrected chi connectivity index (χ1v) is 4.75. The quantitative estimate of drug-likeness (QED) is 0.236. The van der Waals surface area contributed by atoms with Crippen molar-refractivity contribution in [2.45, 2.75) is 0 Å². The second kappa shape index (κ2) is 16.4. The summed E-state index contributed by atoms with van der Waals surface area (Å²) in [4.78, 5) is 0. The van der Waals surface area contributed by atoms with Crippen LogP contribution < -0.4 is 103 Å². The van der Waals surface area contributed by atoms with Gasteiger partial charge in [-0.05, 0) is 0 Å². The van der Waals surface area contributed by atoms with Gasteiger partial charge in [0.05, 0.1) is 0 Å². The molecule has 0 bridgehead atoms. The Labute approximate surface area is 175 Å². The zero-order valence-corrected chi connectivity index (χ0v) is 16.2. The summed E-state index contributed by atoms with van der Waals surface area (Å²) >= 11 is 1.06. The molecule has 0 aliphatic carbocycles. The average molecular weight is 337 g/mol. The monoisotopic (exact) mass is 337 g/mol. The SMILES string of the molecule is O=S(=O)([O-])[O-].O=S(=O)([O-])[O-].[K+].[K+].[O]=[V+2]. The van der Waals surface area contributed by atoms with Gasteiger partial charge in [0.1, 0.15) is 0 Å². The van der Waals surface area contributed by atoms with Gasteiger partial charge in [0.15, 0.2) is 0 Å². The molecule has 0 aliphatic heterocycles. The van der Waals surface area contributed by atoms with Crippen LogP contribution in [0.1, 0.15) is 0 Å². The zero-order chi connectivity index (χ0) is 11.0. The predicted molar refractivity (Wildman–Crippen MR) is 21.6 cm³/mol. The van der Waals surface area contributed by atoms with E-state index in [2.05, 4.69) is 0 Å². The molecule has 0 aliphatic rings. The summed E-state index contributed by atoms with van der Waals surface area (Å²) in [7, 11) is -10.3. The Morgan fingerprint density at radius 3 is 0.643 bits per heavy atom. The fourth-order valence-electron chi connectivity index (χ4n) is 0. The van der Waals surface area contributed by atoms with Gasteiger partial charge in [-0.25, -0.2) is 0 Å². The Balaban J connectivity index is -0.0000000292. The van der Waals surface area contributed by atoms with E-state index in [0.29, 0.717) is 0 Å². The van der Waals surface area contributed by atoms with Gasteiger partial charge in [0.2, 0.25) is 0 Å². The van der Waals surface area contributed by atoms with Crippen molar-refractivity contribution in [1.29, 1.82) is 0 Å². The van der Waals surface area contributed by atoms with Crippen LogP contribution in [-0.2, 0) is 41.8 Å². The molecule has 9 nitrogen and oxygen atoms in total. The Morgan fingerprint density at radius 2 is 0.643 bits per heavy atom. The van der Waals surface area contributed by atoms with Crippen molar-refractivity contribution >= 4 is 20.8 Å². The van der Waals surface area contributed by atoms with Crippen molar-refractivity contribution in [3.05, 3.63) is 0 Å². The molecule has 0 N–H and O–H groups in total. The summed E-state index contributed by atoms with van der Waals surface area (Å²) in [5, 5.41) is 0. The van der Waals surface area contributed by atoms with Gasteiger partial charge in [0.25, 0.3) is 0 Å². The van der Waals surface area contributed by atoms with E-state index in [9.17, 15) is 0 Å². The molecule has 0 aromatic carbocycles. The van der Waals surface area contributed by atoms with Gasteiger partial charge < -0.3 is 18.2 Å². The van der Waals surface area contributed by atoms with Crippen molar-refractivity contribution < 1.29 is 159 Å². The van der Waals surface area contributed by atoms with E-state index in [1.165, 1.54) is 0 Å². The normalized spacial score (nSPS) is 8.71. The van der Waals surface area contributed by atoms with Crippen LogP contribution in [0.5, 0.6) is 0 Å². The fourth-order valence-corrected chi connectivity index (χ4v) is 0. The topological polar surface area (TPSA) is 178 Å². The van der Waals surface area contributed by atoms with Gasteiger partial charge in [-0.3, -0.25) is 16.8 Å². The summed E-state index contributed by atoms with van der Waals surface area (Å²) in [6.07, 6.45) is 0. The van der Waals surface area contributed by atoms with Crippen LogP contribution in [0.4, 0.5) is 0 Å². The number of hydrogen-bond acceptors (Lipinski definition) is 9. The Morgan fingerprint density at radius 1 is 0.643 bits per heavy atom. The van der Waals surface area contributed by atoms with E-state index in [4.69, 9.17) is 38.7 Å². The summed E-state index contributed by atoms with van der Waals surface area (Å²) in [6, 6.07) is 0. The molecule has 0 fully saturated rings. The molecule has 0 heterocycles. The molecule has 0 unspecified atom stereocenters. The van der Waals surface area contributed by atoms with E-state index in [1.54, 1.807) is 0 Å². The van der Waals surface area contributed by atoms with Crippen molar-refractivity contribution in [1.82, 2.24) is 0 Å². The summed E-state index contributed by atoms with van der Waals surface area (Å²) in [6.45, 7) is 0. The molecule has 0 saturated carbocycles. The fraction of sp³-hybridized carbons (Fsp3) is 0. The first-order chi connectivity index (χ1) is 5.00. The van der Waals surface area contributed by atoms with Gasteiger partial charge >= 0.3 is 124 Å². The van der Waals surface area contributed by atoms with Crippen LogP contribution in [-0.4, -0.2) is 35.0 Å². The second-order valence-electron chi connectivity index (χ2n) is 0.816. The molecule has 0 spiro atoms. The van der Waals surface area contributed by atoms with Crippen LogP contribution in [0.3, 0.4) is 0 Å². The molecule has 0 radical (unpaired) electrons. The molecular weight excluding hydrogens is 337 g/mol. The number of rotatable bonds is 0. The van der Waals surface area contributed by atoms with Crippen LogP contribution in [0.15, 0.2) is 0 Å². The van der Waals surface area contributed by atoms with Crippen molar-refractivity contribution in [2.75, 3.05) is 0 Å². The summed E-state index contributed by atoms with van der Waals surface area (Å²) in [5.41, 5.74) is 0. The molecule has 0 aromatic rings. The minimum absolute atomic E-state index is 0. The molecule has 14 heteroatoms. The summed E-state index contributed by atoms with van der Waals surface area (Å²) in [5.74, 6) is 0. The van der Waals surface area contributed by atoms with Crippen molar-refractivity contribution in [3.63, 3.8) is 0 Å². The van der Waals surface area contributed by atoms with Gasteiger partial charge in [-0.2, -0.15) is 0 Å². The van der Waals surface area contributed by atoms with Gasteiger partial charge in [-0.1, -0.05) is 0 Å². The third-order valence-corrected chi connectivity index (χ3v) is 0. The Kier molecular flexibility index (Phi) is 35.6. The molecule has 0 rings (SSSR count). The van der Waals surface area contributed by atoms with Gasteiger partial charge in [0, 0.05) is 20.8 Å². The molecule has 0 amide bonds. The Bertz CT molecular complexity index is 230. The standard InChI is InChI=1S/2K.2H2O4S.O.V/c;;2*1-5(2,3)4;;/h;;2*(H2,1,2,3,4);;/q2*+1;;;;+2/p-4. The minimum atomic E-state index is -5.17. The number of hydrogen-bond donors (Lipinski definition) is 0. The maximum absolute atomic E-state index is 8.52. The molecule has 0 saturated heterocycles. The van der Waals surface area contributed by atoms with E-state index < -0.39 is 20.8 Å². The first kappa shape index (κ1) is 30.4. The van der Waals surface area contributed by atoms with Crippen LogP contribution in [0.25, 0.3) is 0 Å². The third-order valence-electron chi connectivity index (χ3n) is 0. The van der Waals surface area contributed by atoms with E-state index in [0.717, 1.165) is 17.4 Å². The van der Waals surface area contributed by atoms with Crippen LogP contribution >= 0.6 is 0 Å². The van der Waals surface area contributed by atoms with Crippen LogP contribution in [0, 0.1) is 0 Å². The average Bonchev–Trinajstić information content (AvgIpc) is 1.59. The molecule has 14 heavy (non-hydrogen) atoms. The molecule has 0 aromatic heterocycles. The molecule has 0 atom stereocenters. The van der Waals surface area contributed by atoms with E-state index in [1.807, 2.05) is 0 Å². The van der Waals surface area contributed by atoms with E-state index in [-0.39, 0.29) is 103 Å². The summed E-state index contributed by atoms with van der Waals surface area (Å²) < 4.78 is 76.4. The van der Waals surface area contributed by atoms with Crippen molar-refractivity contribution in [2.24, 2.45) is 0 Å². The third kappa shape index (κ3) is 277. The predicted octanol–water partition coefficient (Wildman–Crippen LogP) is -8.79. The van der Waals surface area contributed by atoms with E-state index >= 15 is 0 Å². The maximum atomic E-state index is 8.52. The molecule has 73 valence electrons. The molecular formula is K2O9S2V. The Hall–Kier alpha value is 3.40. The second-order valence-corrected chi connectivity index (χ2v) is 2.45. The van der Waals surface area contributed by atoms with Crippen LogP contribution in [0.2, 0.25) is 0 Å². The van der Waals surface area contributed by atoms with Gasteiger partial charge in [-0.15, -0.1) is 0 Å². The first-order valence-electron chi connectivity index (χ1n) is 1.52. The van der Waals surface area contributed by atoms with Crippen molar-refractivity contribution in [3.8, 4) is 0 Å². The zero-order valence-electron chi connectivity index (χ0n) is 6.94.